The zero-order chi connectivity index (χ0) is 17.3. The molecule has 5 nitrogen and oxygen atoms in total. The van der Waals surface area contributed by atoms with Crippen LogP contribution in [-0.2, 0) is 11.8 Å². The van der Waals surface area contributed by atoms with Gasteiger partial charge in [-0.2, -0.15) is 4.98 Å². The highest BCUT2D eigenvalue weighted by Crippen LogP contribution is 2.43. The van der Waals surface area contributed by atoms with Crippen LogP contribution < -0.4 is 0 Å². The van der Waals surface area contributed by atoms with E-state index in [2.05, 4.69) is 57.2 Å². The molecule has 0 radical (unpaired) electrons. The quantitative estimate of drug-likeness (QED) is 0.837. The number of hydrogen-bond acceptors (Lipinski definition) is 5. The molecule has 2 atom stereocenters. The number of piperidine rings is 1. The van der Waals surface area contributed by atoms with Crippen LogP contribution in [-0.4, -0.2) is 59.2 Å². The standard InChI is InChI=1S/C20H28N4O/c1-3-23-12-10-18-13-24(11-9-17-7-5-4-6-8-17)15-20(18,14-23)19-21-16(2)22-25-19/h4-8,18H,3,9-15H2,1-2H3/t18-,20-/m0/s1. The van der Waals surface area contributed by atoms with Gasteiger partial charge in [-0.15, -0.1) is 0 Å². The van der Waals surface area contributed by atoms with Crippen LogP contribution in [0, 0.1) is 12.8 Å². The van der Waals surface area contributed by atoms with E-state index >= 15 is 0 Å². The molecule has 2 aliphatic rings. The first-order valence-electron chi connectivity index (χ1n) is 9.49. The van der Waals surface area contributed by atoms with Gasteiger partial charge in [-0.1, -0.05) is 42.4 Å². The first kappa shape index (κ1) is 16.7. The van der Waals surface area contributed by atoms with Crippen molar-refractivity contribution in [1.82, 2.24) is 19.9 Å². The van der Waals surface area contributed by atoms with Gasteiger partial charge in [-0.3, -0.25) is 0 Å². The summed E-state index contributed by atoms with van der Waals surface area (Å²) in [6, 6.07) is 10.8. The molecule has 0 amide bonds. The molecular weight excluding hydrogens is 312 g/mol. The van der Waals surface area contributed by atoms with Crippen molar-refractivity contribution in [1.29, 1.82) is 0 Å². The average molecular weight is 340 g/mol. The fraction of sp³-hybridized carbons (Fsp3) is 0.600. The zero-order valence-corrected chi connectivity index (χ0v) is 15.3. The van der Waals surface area contributed by atoms with Crippen LogP contribution in [0.5, 0.6) is 0 Å². The van der Waals surface area contributed by atoms with Crippen molar-refractivity contribution in [3.05, 3.63) is 47.6 Å². The van der Waals surface area contributed by atoms with Crippen LogP contribution in [0.4, 0.5) is 0 Å². The number of nitrogens with zero attached hydrogens (tertiary/aromatic N) is 4. The van der Waals surface area contributed by atoms with Crippen molar-refractivity contribution in [2.75, 3.05) is 39.3 Å². The smallest absolute Gasteiger partial charge is 0.235 e. The lowest BCUT2D eigenvalue weighted by molar-refractivity contribution is 0.0970. The van der Waals surface area contributed by atoms with Crippen molar-refractivity contribution in [3.8, 4) is 0 Å². The molecule has 2 saturated heterocycles. The van der Waals surface area contributed by atoms with E-state index in [0.29, 0.717) is 5.92 Å². The third-order valence-electron chi connectivity index (χ3n) is 6.03. The van der Waals surface area contributed by atoms with Gasteiger partial charge in [0, 0.05) is 26.2 Å². The molecule has 0 saturated carbocycles. The first-order valence-corrected chi connectivity index (χ1v) is 9.49. The van der Waals surface area contributed by atoms with Crippen molar-refractivity contribution >= 4 is 0 Å². The predicted octanol–water partition coefficient (Wildman–Crippen LogP) is 2.52. The third-order valence-corrected chi connectivity index (χ3v) is 6.03. The Kier molecular flexibility index (Phi) is 4.61. The number of likely N-dealkylation sites (tertiary alicyclic amines) is 2. The molecule has 2 fully saturated rings. The van der Waals surface area contributed by atoms with E-state index in [9.17, 15) is 0 Å². The monoisotopic (exact) mass is 340 g/mol. The Balaban J connectivity index is 1.53. The van der Waals surface area contributed by atoms with Crippen molar-refractivity contribution < 1.29 is 4.52 Å². The minimum atomic E-state index is 0.00616. The van der Waals surface area contributed by atoms with E-state index in [4.69, 9.17) is 4.52 Å². The summed E-state index contributed by atoms with van der Waals surface area (Å²) in [7, 11) is 0. The predicted molar refractivity (Wildman–Crippen MR) is 97.5 cm³/mol. The number of benzene rings is 1. The first-order chi connectivity index (χ1) is 12.2. The minimum Gasteiger partial charge on any atom is -0.339 e. The highest BCUT2D eigenvalue weighted by molar-refractivity contribution is 5.19. The lowest BCUT2D eigenvalue weighted by Crippen LogP contribution is -2.51. The Bertz CT molecular complexity index is 701. The number of fused-ring (bicyclic) bond motifs is 1. The Morgan fingerprint density at radius 1 is 1.20 bits per heavy atom. The maximum atomic E-state index is 5.70. The second kappa shape index (κ2) is 6.89. The molecule has 25 heavy (non-hydrogen) atoms. The highest BCUT2D eigenvalue weighted by Gasteiger charge is 2.53. The summed E-state index contributed by atoms with van der Waals surface area (Å²) in [5, 5.41) is 4.09. The maximum absolute atomic E-state index is 5.70. The number of rotatable bonds is 5. The van der Waals surface area contributed by atoms with E-state index in [1.54, 1.807) is 0 Å². The van der Waals surface area contributed by atoms with Crippen LogP contribution in [0.1, 0.15) is 30.6 Å². The van der Waals surface area contributed by atoms with Gasteiger partial charge < -0.3 is 14.3 Å². The molecule has 134 valence electrons. The molecule has 2 aromatic rings. The number of aromatic nitrogens is 2. The SMILES string of the molecule is CCN1CC[C@H]2CN(CCc3ccccc3)C[C@@]2(c2nc(C)no2)C1. The highest BCUT2D eigenvalue weighted by atomic mass is 16.5. The summed E-state index contributed by atoms with van der Waals surface area (Å²) < 4.78 is 5.70. The molecule has 0 spiro atoms. The second-order valence-electron chi connectivity index (χ2n) is 7.63. The summed E-state index contributed by atoms with van der Waals surface area (Å²) in [5.74, 6) is 2.22. The normalized spacial score (nSPS) is 27.5. The molecule has 0 bridgehead atoms. The molecule has 4 rings (SSSR count). The van der Waals surface area contributed by atoms with Crippen LogP contribution in [0.2, 0.25) is 0 Å². The van der Waals surface area contributed by atoms with Crippen LogP contribution >= 0.6 is 0 Å². The molecule has 0 N–H and O–H groups in total. The number of likely N-dealkylation sites (N-methyl/N-ethyl adjacent to an activating group) is 1. The van der Waals surface area contributed by atoms with E-state index in [-0.39, 0.29) is 5.41 Å². The van der Waals surface area contributed by atoms with Crippen LogP contribution in [0.3, 0.4) is 0 Å². The van der Waals surface area contributed by atoms with Gasteiger partial charge in [-0.05, 0) is 44.3 Å². The van der Waals surface area contributed by atoms with Gasteiger partial charge in [0.1, 0.15) is 0 Å². The van der Waals surface area contributed by atoms with E-state index in [1.165, 1.54) is 18.5 Å². The molecular formula is C20H28N4O. The minimum absolute atomic E-state index is 0.00616. The second-order valence-corrected chi connectivity index (χ2v) is 7.63. The zero-order valence-electron chi connectivity index (χ0n) is 15.3. The Labute approximate surface area is 150 Å². The van der Waals surface area contributed by atoms with Gasteiger partial charge in [0.05, 0.1) is 5.41 Å². The van der Waals surface area contributed by atoms with E-state index in [1.807, 2.05) is 6.92 Å². The van der Waals surface area contributed by atoms with Crippen LogP contribution in [0.15, 0.2) is 34.9 Å². The summed E-state index contributed by atoms with van der Waals surface area (Å²) in [6.07, 6.45) is 2.32. The summed E-state index contributed by atoms with van der Waals surface area (Å²) in [6.45, 7) is 10.7. The largest absolute Gasteiger partial charge is 0.339 e. The fourth-order valence-corrected chi connectivity index (χ4v) is 4.62. The lowest BCUT2D eigenvalue weighted by Gasteiger charge is -2.41. The molecule has 0 unspecified atom stereocenters. The average Bonchev–Trinajstić information content (AvgIpc) is 3.24. The van der Waals surface area contributed by atoms with E-state index < -0.39 is 0 Å². The number of hydrogen-bond donors (Lipinski definition) is 0. The Morgan fingerprint density at radius 3 is 2.72 bits per heavy atom. The molecule has 3 heterocycles. The third kappa shape index (κ3) is 3.23. The molecule has 5 heteroatoms. The van der Waals surface area contributed by atoms with Gasteiger partial charge in [0.15, 0.2) is 5.82 Å². The van der Waals surface area contributed by atoms with Gasteiger partial charge >= 0.3 is 0 Å². The summed E-state index contributed by atoms with van der Waals surface area (Å²) in [4.78, 5) is 9.80. The Morgan fingerprint density at radius 2 is 2.00 bits per heavy atom. The summed E-state index contributed by atoms with van der Waals surface area (Å²) in [5.41, 5.74) is 1.42. The van der Waals surface area contributed by atoms with Gasteiger partial charge in [-0.25, -0.2) is 0 Å². The maximum Gasteiger partial charge on any atom is 0.235 e. The number of aryl methyl sites for hydroxylation is 1. The molecule has 1 aromatic carbocycles. The molecule has 2 aliphatic heterocycles. The van der Waals surface area contributed by atoms with Gasteiger partial charge in [0.25, 0.3) is 0 Å². The molecule has 0 aliphatic carbocycles. The van der Waals surface area contributed by atoms with Crippen molar-refractivity contribution in [2.45, 2.75) is 32.1 Å². The van der Waals surface area contributed by atoms with E-state index in [0.717, 1.165) is 50.9 Å². The topological polar surface area (TPSA) is 45.4 Å². The van der Waals surface area contributed by atoms with Gasteiger partial charge in [0.2, 0.25) is 5.89 Å². The van der Waals surface area contributed by atoms with Crippen molar-refractivity contribution in [3.63, 3.8) is 0 Å². The van der Waals surface area contributed by atoms with Crippen molar-refractivity contribution in [2.24, 2.45) is 5.92 Å². The summed E-state index contributed by atoms with van der Waals surface area (Å²) >= 11 is 0. The fourth-order valence-electron chi connectivity index (χ4n) is 4.62. The van der Waals surface area contributed by atoms with Crippen LogP contribution in [0.25, 0.3) is 0 Å². The lowest BCUT2D eigenvalue weighted by atomic mass is 9.73. The Hall–Kier alpha value is -1.72. The molecule has 1 aromatic heterocycles.